The molecule has 3 aliphatic carbocycles. The number of urea groups is 1. The van der Waals surface area contributed by atoms with Gasteiger partial charge in [0.25, 0.3) is 0 Å². The highest BCUT2D eigenvalue weighted by atomic mass is 17.1. The number of ether oxygens (including phenoxy) is 2. The van der Waals surface area contributed by atoms with E-state index in [1.807, 2.05) is 20.8 Å². The van der Waals surface area contributed by atoms with Gasteiger partial charge in [0.1, 0.15) is 6.10 Å². The van der Waals surface area contributed by atoms with Gasteiger partial charge in [-0.2, -0.15) is 0 Å². The Morgan fingerprint density at radius 2 is 1.25 bits per heavy atom. The molecule has 3 N–H and O–H groups in total. The average Bonchev–Trinajstić information content (AvgIpc) is 3.20. The fourth-order valence-electron chi connectivity index (χ4n) is 9.34. The number of nitrogens with one attached hydrogen (secondary N) is 2. The lowest BCUT2D eigenvalue weighted by Gasteiger charge is -2.50. The van der Waals surface area contributed by atoms with E-state index in [1.54, 1.807) is 9.80 Å². The summed E-state index contributed by atoms with van der Waals surface area (Å²) in [6, 6.07) is -1.09. The van der Waals surface area contributed by atoms with E-state index in [9.17, 15) is 29.2 Å². The molecule has 0 bridgehead atoms. The molecule has 2 heterocycles. The Morgan fingerprint density at radius 1 is 0.754 bits per heavy atom. The molecule has 0 spiro atoms. The number of piperazine rings is 1. The van der Waals surface area contributed by atoms with Crippen LogP contribution in [0.2, 0.25) is 0 Å². The molecule has 57 heavy (non-hydrogen) atoms. The Hall–Kier alpha value is -3.46. The van der Waals surface area contributed by atoms with Crippen molar-refractivity contribution >= 4 is 36.0 Å². The van der Waals surface area contributed by atoms with Gasteiger partial charge in [-0.05, 0) is 68.1 Å². The Kier molecular flexibility index (Phi) is 17.3. The minimum atomic E-state index is -0.741. The quantitative estimate of drug-likeness (QED) is 0.0438. The van der Waals surface area contributed by atoms with E-state index in [4.69, 9.17) is 14.4 Å². The highest BCUT2D eigenvalue weighted by Crippen LogP contribution is 2.39. The fraction of sp³-hybridized carbons (Fsp3) is 0.857. The number of hydrogen-bond donors (Lipinski definition) is 3. The Balaban J connectivity index is 1.20. The number of carbonyl (C=O) groups excluding carboxylic acids is 5. The Morgan fingerprint density at radius 3 is 1.74 bits per heavy atom. The zero-order chi connectivity index (χ0) is 40.8. The van der Waals surface area contributed by atoms with Crippen LogP contribution in [0.25, 0.3) is 0 Å². The van der Waals surface area contributed by atoms with Crippen LogP contribution in [-0.2, 0) is 24.0 Å². The molecule has 5 aliphatic rings. The SMILES string of the molecule is CC(C)(C)CC(=O)N1CCN(C(=O)N2C(=O)[C@H](CCCN=C(NC(=O)OCC3CCCCC3)NC(=O)OCC3CCCCC3)C2[C@H](CC2CCCCC2)OO)CC1. The van der Waals surface area contributed by atoms with Crippen LogP contribution in [-0.4, -0.2) is 114 Å². The largest absolute Gasteiger partial charge is 0.449 e. The van der Waals surface area contributed by atoms with E-state index >= 15 is 0 Å². The maximum Gasteiger partial charge on any atom is 0.413 e. The van der Waals surface area contributed by atoms with Gasteiger partial charge in [0, 0.05) is 39.1 Å². The van der Waals surface area contributed by atoms with Gasteiger partial charge in [0.15, 0.2) is 0 Å². The molecular formula is C42H70N6O9. The summed E-state index contributed by atoms with van der Waals surface area (Å²) in [6.07, 6.45) is 15.9. The molecule has 5 fully saturated rings. The lowest BCUT2D eigenvalue weighted by atomic mass is 9.76. The highest BCUT2D eigenvalue weighted by molar-refractivity contribution is 6.02. The van der Waals surface area contributed by atoms with Crippen molar-refractivity contribution in [3.8, 4) is 0 Å². The number of imide groups is 1. The summed E-state index contributed by atoms with van der Waals surface area (Å²) in [5.74, 6) is -0.00624. The molecule has 0 aromatic heterocycles. The van der Waals surface area contributed by atoms with E-state index in [2.05, 4.69) is 15.6 Å². The summed E-state index contributed by atoms with van der Waals surface area (Å²) in [6.45, 7) is 8.22. The molecule has 0 radical (unpaired) electrons. The van der Waals surface area contributed by atoms with Crippen LogP contribution in [0, 0.1) is 29.1 Å². The number of carbonyl (C=O) groups is 5. The second-order valence-corrected chi connectivity index (χ2v) is 18.4. The number of β-lactam (4-membered cyclic amide) rings is 1. The van der Waals surface area contributed by atoms with Crippen LogP contribution in [0.15, 0.2) is 4.99 Å². The smallest absolute Gasteiger partial charge is 0.413 e. The first-order chi connectivity index (χ1) is 27.4. The van der Waals surface area contributed by atoms with Crippen molar-refractivity contribution in [2.45, 2.75) is 155 Å². The summed E-state index contributed by atoms with van der Waals surface area (Å²) in [4.78, 5) is 80.5. The summed E-state index contributed by atoms with van der Waals surface area (Å²) < 4.78 is 11.0. The predicted octanol–water partition coefficient (Wildman–Crippen LogP) is 7.09. The van der Waals surface area contributed by atoms with Gasteiger partial charge in [0.05, 0.1) is 25.2 Å². The maximum atomic E-state index is 14.0. The van der Waals surface area contributed by atoms with Crippen molar-refractivity contribution in [3.05, 3.63) is 0 Å². The second kappa shape index (κ2) is 22.1. The zero-order valence-corrected chi connectivity index (χ0v) is 34.9. The Bertz CT molecular complexity index is 1320. The molecule has 5 rings (SSSR count). The van der Waals surface area contributed by atoms with Gasteiger partial charge in [-0.1, -0.05) is 91.4 Å². The van der Waals surface area contributed by atoms with Crippen molar-refractivity contribution in [2.75, 3.05) is 45.9 Å². The molecule has 15 heteroatoms. The zero-order valence-electron chi connectivity index (χ0n) is 34.9. The van der Waals surface area contributed by atoms with Crippen LogP contribution in [0.4, 0.5) is 14.4 Å². The highest BCUT2D eigenvalue weighted by Gasteiger charge is 2.55. The molecule has 2 saturated heterocycles. The molecule has 0 aromatic rings. The molecule has 3 saturated carbocycles. The van der Waals surface area contributed by atoms with Gasteiger partial charge in [-0.25, -0.2) is 19.3 Å². The lowest BCUT2D eigenvalue weighted by Crippen LogP contribution is -2.70. The molecule has 0 aromatic carbocycles. The van der Waals surface area contributed by atoms with Crippen molar-refractivity contribution in [3.63, 3.8) is 0 Å². The first-order valence-electron chi connectivity index (χ1n) is 22.0. The van der Waals surface area contributed by atoms with E-state index in [0.717, 1.165) is 77.0 Å². The Labute approximate surface area is 339 Å². The van der Waals surface area contributed by atoms with E-state index in [1.165, 1.54) is 24.2 Å². The first kappa shape index (κ1) is 44.6. The number of rotatable bonds is 13. The monoisotopic (exact) mass is 803 g/mol. The summed E-state index contributed by atoms with van der Waals surface area (Å²) in [5.41, 5.74) is -0.145. The number of likely N-dealkylation sites (tertiary alicyclic amines) is 1. The molecule has 1 unspecified atom stereocenters. The summed E-state index contributed by atoms with van der Waals surface area (Å²) in [7, 11) is 0. The van der Waals surface area contributed by atoms with Crippen molar-refractivity contribution < 1.29 is 43.6 Å². The first-order valence-corrected chi connectivity index (χ1v) is 22.0. The van der Waals surface area contributed by atoms with Gasteiger partial charge in [0.2, 0.25) is 17.8 Å². The van der Waals surface area contributed by atoms with Gasteiger partial charge < -0.3 is 19.3 Å². The topological polar surface area (TPSA) is 179 Å². The molecular weight excluding hydrogens is 732 g/mol. The third-order valence-electron chi connectivity index (χ3n) is 12.6. The number of aliphatic imine (C=N–C) groups is 1. The number of guanidine groups is 1. The van der Waals surface area contributed by atoms with Crippen LogP contribution >= 0.6 is 0 Å². The number of hydrogen-bond acceptors (Lipinski definition) is 10. The molecule has 322 valence electrons. The van der Waals surface area contributed by atoms with Crippen molar-refractivity contribution in [2.24, 2.45) is 34.1 Å². The minimum absolute atomic E-state index is 0.0534. The number of amides is 6. The third kappa shape index (κ3) is 13.8. The van der Waals surface area contributed by atoms with Crippen LogP contribution in [0.5, 0.6) is 0 Å². The van der Waals surface area contributed by atoms with Crippen molar-refractivity contribution in [1.29, 1.82) is 0 Å². The van der Waals surface area contributed by atoms with Crippen LogP contribution in [0.3, 0.4) is 0 Å². The lowest BCUT2D eigenvalue weighted by molar-refractivity contribution is -0.300. The van der Waals surface area contributed by atoms with E-state index in [0.29, 0.717) is 82.8 Å². The molecule has 3 atom stereocenters. The van der Waals surface area contributed by atoms with Crippen molar-refractivity contribution in [1.82, 2.24) is 25.3 Å². The summed E-state index contributed by atoms with van der Waals surface area (Å²) >= 11 is 0. The summed E-state index contributed by atoms with van der Waals surface area (Å²) in [5, 5.41) is 15.4. The fourth-order valence-corrected chi connectivity index (χ4v) is 9.34. The normalized spacial score (nSPS) is 23.3. The number of nitrogens with zero attached hydrogens (tertiary/aromatic N) is 4. The minimum Gasteiger partial charge on any atom is -0.449 e. The maximum absolute atomic E-state index is 14.0. The van der Waals surface area contributed by atoms with E-state index < -0.39 is 36.3 Å². The van der Waals surface area contributed by atoms with Gasteiger partial charge in [-0.15, -0.1) is 0 Å². The third-order valence-corrected chi connectivity index (χ3v) is 12.6. The molecule has 2 aliphatic heterocycles. The van der Waals surface area contributed by atoms with E-state index in [-0.39, 0.29) is 29.7 Å². The van der Waals surface area contributed by atoms with Gasteiger partial charge in [-0.3, -0.25) is 35.4 Å². The molecule has 15 nitrogen and oxygen atoms in total. The number of alkyl carbamates (subject to hydrolysis) is 2. The predicted molar refractivity (Wildman–Crippen MR) is 214 cm³/mol. The average molecular weight is 803 g/mol. The van der Waals surface area contributed by atoms with Crippen LogP contribution < -0.4 is 10.6 Å². The van der Waals surface area contributed by atoms with Gasteiger partial charge >= 0.3 is 18.2 Å². The van der Waals surface area contributed by atoms with Crippen LogP contribution in [0.1, 0.15) is 143 Å². The molecule has 6 amide bonds. The second-order valence-electron chi connectivity index (χ2n) is 18.4. The standard InChI is InChI=1S/C42H70N6O9/c1-42(2,3)27-35(49)46-22-24-47(25-23-46)41(53)48-36(34(57-54)26-30-14-7-4-8-15-30)33(37(48)50)20-13-21-43-38(44-39(51)55-28-31-16-9-5-10-17-31)45-40(52)56-29-32-18-11-6-12-19-32/h30-34,36,54H,4-29H2,1-3H3,(H2,43,44,45,51,52)/t33-,34+,36?/m1/s1.